The Bertz CT molecular complexity index is 910. The summed E-state index contributed by atoms with van der Waals surface area (Å²) in [5.41, 5.74) is 1.37. The molecule has 136 valence electrons. The predicted molar refractivity (Wildman–Crippen MR) is 97.8 cm³/mol. The number of rotatable bonds is 2. The van der Waals surface area contributed by atoms with Crippen molar-refractivity contribution in [1.82, 2.24) is 9.97 Å². The van der Waals surface area contributed by atoms with Gasteiger partial charge in [0.25, 0.3) is 0 Å². The van der Waals surface area contributed by atoms with Crippen LogP contribution in [-0.4, -0.2) is 23.1 Å². The van der Waals surface area contributed by atoms with Crippen LogP contribution in [0.3, 0.4) is 0 Å². The zero-order chi connectivity index (χ0) is 18.3. The Morgan fingerprint density at radius 2 is 1.73 bits per heavy atom. The van der Waals surface area contributed by atoms with Gasteiger partial charge in [-0.2, -0.15) is 13.2 Å². The topological polar surface area (TPSA) is 29.0 Å². The molecule has 0 bridgehead atoms. The number of nitrogens with zero attached hydrogens (tertiary/aromatic N) is 3. The maximum Gasteiger partial charge on any atom is 0.416 e. The molecule has 0 aliphatic carbocycles. The summed E-state index contributed by atoms with van der Waals surface area (Å²) in [6, 6.07) is 7.62. The lowest BCUT2D eigenvalue weighted by Gasteiger charge is -2.33. The zero-order valence-electron chi connectivity index (χ0n) is 14.3. The minimum absolute atomic E-state index is 0.287. The molecule has 0 radical (unpaired) electrons. The van der Waals surface area contributed by atoms with E-state index in [1.165, 1.54) is 12.1 Å². The van der Waals surface area contributed by atoms with Crippen molar-refractivity contribution in [3.05, 3.63) is 52.7 Å². The normalized spacial score (nSPS) is 16.4. The van der Waals surface area contributed by atoms with Crippen molar-refractivity contribution in [3.63, 3.8) is 0 Å². The summed E-state index contributed by atoms with van der Waals surface area (Å²) in [5, 5.41) is 2.03. The average molecular weight is 377 g/mol. The Morgan fingerprint density at radius 1 is 1.04 bits per heavy atom. The van der Waals surface area contributed by atoms with Gasteiger partial charge >= 0.3 is 6.18 Å². The summed E-state index contributed by atoms with van der Waals surface area (Å²) in [6.45, 7) is 3.58. The Labute approximate surface area is 153 Å². The molecule has 26 heavy (non-hydrogen) atoms. The third-order valence-corrected chi connectivity index (χ3v) is 5.80. The highest BCUT2D eigenvalue weighted by Gasteiger charge is 2.30. The van der Waals surface area contributed by atoms with Crippen LogP contribution in [0.5, 0.6) is 0 Å². The number of hydrogen-bond acceptors (Lipinski definition) is 4. The molecule has 3 aromatic rings. The lowest BCUT2D eigenvalue weighted by Crippen LogP contribution is -2.33. The van der Waals surface area contributed by atoms with Crippen molar-refractivity contribution < 1.29 is 13.2 Å². The molecule has 1 aliphatic heterocycles. The van der Waals surface area contributed by atoms with Crippen molar-refractivity contribution >= 4 is 27.4 Å². The Hall–Kier alpha value is -2.15. The average Bonchev–Trinajstić information content (AvgIpc) is 3.09. The van der Waals surface area contributed by atoms with Crippen molar-refractivity contribution in [2.24, 2.45) is 0 Å². The molecular formula is C19H18F3N3S. The van der Waals surface area contributed by atoms with Gasteiger partial charge in [0.05, 0.1) is 15.8 Å². The van der Waals surface area contributed by atoms with Crippen molar-refractivity contribution in [2.45, 2.75) is 31.9 Å². The Kier molecular flexibility index (Phi) is 4.34. The highest BCUT2D eigenvalue weighted by atomic mass is 32.1. The SMILES string of the molecule is Cc1nc(N2CCC(c3ccc(C(F)(F)F)cc3)CC2)c2sccc2n1. The van der Waals surface area contributed by atoms with Gasteiger partial charge < -0.3 is 4.90 Å². The van der Waals surface area contributed by atoms with E-state index in [0.29, 0.717) is 0 Å². The molecule has 0 amide bonds. The largest absolute Gasteiger partial charge is 0.416 e. The van der Waals surface area contributed by atoms with E-state index in [1.807, 2.05) is 18.4 Å². The van der Waals surface area contributed by atoms with Gasteiger partial charge in [0.1, 0.15) is 11.6 Å². The van der Waals surface area contributed by atoms with Crippen LogP contribution in [0.15, 0.2) is 35.7 Å². The highest BCUT2D eigenvalue weighted by Crippen LogP contribution is 2.35. The second-order valence-electron chi connectivity index (χ2n) is 6.61. The van der Waals surface area contributed by atoms with E-state index in [1.54, 1.807) is 23.5 Å². The lowest BCUT2D eigenvalue weighted by atomic mass is 9.89. The van der Waals surface area contributed by atoms with Gasteiger partial charge in [-0.3, -0.25) is 0 Å². The fraction of sp³-hybridized carbons (Fsp3) is 0.368. The number of benzene rings is 1. The molecule has 0 atom stereocenters. The number of hydrogen-bond donors (Lipinski definition) is 0. The zero-order valence-corrected chi connectivity index (χ0v) is 15.1. The van der Waals surface area contributed by atoms with E-state index in [2.05, 4.69) is 14.9 Å². The molecule has 1 fully saturated rings. The first-order chi connectivity index (χ1) is 12.4. The van der Waals surface area contributed by atoms with Crippen LogP contribution in [0.25, 0.3) is 10.2 Å². The highest BCUT2D eigenvalue weighted by molar-refractivity contribution is 7.17. The molecule has 0 N–H and O–H groups in total. The molecule has 7 heteroatoms. The number of thiophene rings is 1. The number of piperidine rings is 1. The van der Waals surface area contributed by atoms with E-state index in [9.17, 15) is 13.2 Å². The standard InChI is InChI=1S/C19H18F3N3S/c1-12-23-16-8-11-26-17(16)18(24-12)25-9-6-14(7-10-25)13-2-4-15(5-3-13)19(20,21)22/h2-5,8,11,14H,6-7,9-10H2,1H3. The van der Waals surface area contributed by atoms with Gasteiger partial charge in [0, 0.05) is 13.1 Å². The molecule has 4 rings (SSSR count). The minimum Gasteiger partial charge on any atom is -0.355 e. The van der Waals surface area contributed by atoms with E-state index in [4.69, 9.17) is 0 Å². The van der Waals surface area contributed by atoms with Crippen molar-refractivity contribution in [3.8, 4) is 0 Å². The van der Waals surface area contributed by atoms with Crippen LogP contribution >= 0.6 is 11.3 Å². The van der Waals surface area contributed by atoms with Crippen molar-refractivity contribution in [2.75, 3.05) is 18.0 Å². The third kappa shape index (κ3) is 3.28. The first-order valence-electron chi connectivity index (χ1n) is 8.56. The van der Waals surface area contributed by atoms with Crippen molar-refractivity contribution in [1.29, 1.82) is 0 Å². The Morgan fingerprint density at radius 3 is 2.38 bits per heavy atom. The fourth-order valence-electron chi connectivity index (χ4n) is 3.54. The Balaban J connectivity index is 1.49. The van der Waals surface area contributed by atoms with Gasteiger partial charge in [-0.1, -0.05) is 12.1 Å². The molecule has 3 nitrogen and oxygen atoms in total. The van der Waals surface area contributed by atoms with Crippen LogP contribution < -0.4 is 4.90 Å². The van der Waals surface area contributed by atoms with Gasteiger partial charge in [-0.05, 0) is 54.8 Å². The quantitative estimate of drug-likeness (QED) is 0.599. The number of fused-ring (bicyclic) bond motifs is 1. The smallest absolute Gasteiger partial charge is 0.355 e. The molecule has 0 unspecified atom stereocenters. The summed E-state index contributed by atoms with van der Waals surface area (Å²) in [7, 11) is 0. The van der Waals surface area contributed by atoms with Crippen LogP contribution in [0, 0.1) is 6.92 Å². The maximum atomic E-state index is 12.7. The van der Waals surface area contributed by atoms with Gasteiger partial charge in [0.15, 0.2) is 0 Å². The summed E-state index contributed by atoms with van der Waals surface area (Å²) in [4.78, 5) is 11.4. The molecule has 1 saturated heterocycles. The first kappa shape index (κ1) is 17.3. The molecule has 1 aromatic carbocycles. The fourth-order valence-corrected chi connectivity index (χ4v) is 4.39. The second kappa shape index (κ2) is 6.54. The monoisotopic (exact) mass is 377 g/mol. The summed E-state index contributed by atoms with van der Waals surface area (Å²) >= 11 is 1.64. The number of alkyl halides is 3. The lowest BCUT2D eigenvalue weighted by molar-refractivity contribution is -0.137. The predicted octanol–water partition coefficient (Wildman–Crippen LogP) is 5.40. The van der Waals surface area contributed by atoms with E-state index >= 15 is 0 Å². The van der Waals surface area contributed by atoms with E-state index in [0.717, 1.165) is 53.4 Å². The van der Waals surface area contributed by atoms with E-state index in [-0.39, 0.29) is 5.92 Å². The summed E-state index contributed by atoms with van der Waals surface area (Å²) in [6.07, 6.45) is -2.47. The molecule has 0 spiro atoms. The second-order valence-corrected chi connectivity index (χ2v) is 7.53. The van der Waals surface area contributed by atoms with Crippen LogP contribution in [0.2, 0.25) is 0 Å². The number of aromatic nitrogens is 2. The van der Waals surface area contributed by atoms with Gasteiger partial charge in [0.2, 0.25) is 0 Å². The molecule has 3 heterocycles. The minimum atomic E-state index is -4.28. The number of anilines is 1. The summed E-state index contributed by atoms with van der Waals surface area (Å²) in [5.74, 6) is 2.03. The van der Waals surface area contributed by atoms with E-state index < -0.39 is 11.7 Å². The molecule has 0 saturated carbocycles. The molecule has 2 aromatic heterocycles. The number of halogens is 3. The maximum absolute atomic E-state index is 12.7. The van der Waals surface area contributed by atoms with Gasteiger partial charge in [-0.25, -0.2) is 9.97 Å². The van der Waals surface area contributed by atoms with Crippen LogP contribution in [-0.2, 0) is 6.18 Å². The van der Waals surface area contributed by atoms with Gasteiger partial charge in [-0.15, -0.1) is 11.3 Å². The molecular weight excluding hydrogens is 359 g/mol. The molecule has 1 aliphatic rings. The first-order valence-corrected chi connectivity index (χ1v) is 9.44. The number of aryl methyl sites for hydroxylation is 1. The van der Waals surface area contributed by atoms with Crippen LogP contribution in [0.4, 0.5) is 19.0 Å². The third-order valence-electron chi connectivity index (χ3n) is 4.90. The summed E-state index contributed by atoms with van der Waals surface area (Å²) < 4.78 is 39.3. The van der Waals surface area contributed by atoms with Crippen LogP contribution in [0.1, 0.15) is 35.7 Å².